The summed E-state index contributed by atoms with van der Waals surface area (Å²) in [5.41, 5.74) is 4.74. The lowest BCUT2D eigenvalue weighted by molar-refractivity contribution is -0.153. The van der Waals surface area contributed by atoms with Crippen molar-refractivity contribution in [2.75, 3.05) is 31.5 Å². The molecule has 0 amide bonds. The predicted molar refractivity (Wildman–Crippen MR) is 132 cm³/mol. The third-order valence-electron chi connectivity index (χ3n) is 6.57. The van der Waals surface area contributed by atoms with E-state index in [4.69, 9.17) is 4.74 Å². The number of allylic oxidation sites excluding steroid dienone is 1. The first-order valence-electron chi connectivity index (χ1n) is 11.9. The summed E-state index contributed by atoms with van der Waals surface area (Å²) >= 11 is 0. The molecule has 0 radical (unpaired) electrons. The van der Waals surface area contributed by atoms with E-state index in [1.807, 2.05) is 45.0 Å². The number of benzene rings is 2. The van der Waals surface area contributed by atoms with Gasteiger partial charge in [-0.2, -0.15) is 0 Å². The number of piperidine rings is 1. The Morgan fingerprint density at radius 2 is 1.78 bits per heavy atom. The number of anilines is 1. The Morgan fingerprint density at radius 3 is 2.56 bits per heavy atom. The molecule has 1 aliphatic carbocycles. The number of ether oxygens (including phenoxy) is 1. The average Bonchev–Trinajstić information content (AvgIpc) is 3.11. The average molecular weight is 433 g/mol. The molecule has 1 heterocycles. The summed E-state index contributed by atoms with van der Waals surface area (Å²) in [5.74, 6) is -0.184. The van der Waals surface area contributed by atoms with Gasteiger partial charge >= 0.3 is 5.97 Å². The summed E-state index contributed by atoms with van der Waals surface area (Å²) in [5, 5.41) is 3.54. The van der Waals surface area contributed by atoms with Crippen LogP contribution in [0.2, 0.25) is 0 Å². The van der Waals surface area contributed by atoms with E-state index < -0.39 is 5.60 Å². The number of para-hydroxylation sites is 1. The van der Waals surface area contributed by atoms with Gasteiger partial charge in [0, 0.05) is 17.6 Å². The molecule has 0 bridgehead atoms. The maximum Gasteiger partial charge on any atom is 0.310 e. The summed E-state index contributed by atoms with van der Waals surface area (Å²) in [7, 11) is 0. The van der Waals surface area contributed by atoms with E-state index in [1.54, 1.807) is 0 Å². The monoisotopic (exact) mass is 432 g/mol. The van der Waals surface area contributed by atoms with Crippen molar-refractivity contribution >= 4 is 17.7 Å². The first-order chi connectivity index (χ1) is 15.3. The minimum atomic E-state index is -0.456. The van der Waals surface area contributed by atoms with Gasteiger partial charge in [0.25, 0.3) is 0 Å². The van der Waals surface area contributed by atoms with Gasteiger partial charge < -0.3 is 15.0 Å². The summed E-state index contributed by atoms with van der Waals surface area (Å²) in [6, 6.07) is 16.9. The molecule has 1 spiro atoms. The van der Waals surface area contributed by atoms with E-state index in [-0.39, 0.29) is 11.4 Å². The zero-order chi connectivity index (χ0) is 22.6. The topological polar surface area (TPSA) is 41.6 Å². The minimum Gasteiger partial charge on any atom is -0.460 e. The van der Waals surface area contributed by atoms with Crippen LogP contribution in [-0.4, -0.2) is 42.6 Å². The van der Waals surface area contributed by atoms with E-state index >= 15 is 0 Å². The fourth-order valence-electron chi connectivity index (χ4n) is 4.95. The van der Waals surface area contributed by atoms with Crippen LogP contribution in [0.5, 0.6) is 0 Å². The highest BCUT2D eigenvalue weighted by Gasteiger charge is 2.37. The van der Waals surface area contributed by atoms with Crippen LogP contribution >= 0.6 is 0 Å². The summed E-state index contributed by atoms with van der Waals surface area (Å²) < 4.78 is 5.49. The summed E-state index contributed by atoms with van der Waals surface area (Å²) in [6.45, 7) is 10.00. The summed E-state index contributed by atoms with van der Waals surface area (Å²) in [6.07, 6.45) is 8.53. The number of nitrogens with zero attached hydrogens (tertiary/aromatic N) is 1. The van der Waals surface area contributed by atoms with Crippen LogP contribution in [0.4, 0.5) is 5.69 Å². The van der Waals surface area contributed by atoms with Gasteiger partial charge in [-0.3, -0.25) is 4.79 Å². The van der Waals surface area contributed by atoms with Gasteiger partial charge in [0.05, 0.1) is 6.42 Å². The molecule has 1 aliphatic heterocycles. The molecule has 2 aliphatic rings. The second kappa shape index (κ2) is 9.50. The van der Waals surface area contributed by atoms with Gasteiger partial charge in [-0.05, 0) is 82.4 Å². The smallest absolute Gasteiger partial charge is 0.310 e. The molecule has 0 atom stereocenters. The predicted octanol–water partition coefficient (Wildman–Crippen LogP) is 5.43. The summed E-state index contributed by atoms with van der Waals surface area (Å²) in [4.78, 5) is 14.8. The minimum absolute atomic E-state index is 0.184. The van der Waals surface area contributed by atoms with Crippen molar-refractivity contribution in [1.29, 1.82) is 0 Å². The van der Waals surface area contributed by atoms with Crippen LogP contribution in [0.25, 0.3) is 6.08 Å². The van der Waals surface area contributed by atoms with Crippen molar-refractivity contribution < 1.29 is 9.53 Å². The molecule has 0 aromatic heterocycles. The standard InChI is InChI=1S/C28H36N2O2/c1-27(2,3)32-26(31)21-23-10-5-7-12-25(23)29-17-8-18-30-19-15-28(16-20-30)14-13-22-9-4-6-11-24(22)28/h4-7,9-14,29H,8,15-21H2,1-3H3. The normalized spacial score (nSPS) is 17.3. The quantitative estimate of drug-likeness (QED) is 0.468. The van der Waals surface area contributed by atoms with E-state index in [1.165, 1.54) is 24.0 Å². The first kappa shape index (κ1) is 22.6. The van der Waals surface area contributed by atoms with Crippen LogP contribution in [0.15, 0.2) is 54.6 Å². The van der Waals surface area contributed by atoms with Crippen LogP contribution in [0.1, 0.15) is 56.7 Å². The largest absolute Gasteiger partial charge is 0.460 e. The van der Waals surface area contributed by atoms with Crippen molar-refractivity contribution in [2.45, 2.75) is 57.5 Å². The Kier molecular flexibility index (Phi) is 6.71. The van der Waals surface area contributed by atoms with E-state index in [0.717, 1.165) is 43.9 Å². The van der Waals surface area contributed by atoms with Crippen molar-refractivity contribution in [2.24, 2.45) is 0 Å². The molecule has 4 nitrogen and oxygen atoms in total. The number of esters is 1. The lowest BCUT2D eigenvalue weighted by Crippen LogP contribution is -2.41. The van der Waals surface area contributed by atoms with Crippen LogP contribution in [-0.2, 0) is 21.4 Å². The van der Waals surface area contributed by atoms with Crippen LogP contribution < -0.4 is 5.32 Å². The number of likely N-dealkylation sites (tertiary alicyclic amines) is 1. The van der Waals surface area contributed by atoms with E-state index in [0.29, 0.717) is 6.42 Å². The molecule has 2 aromatic carbocycles. The van der Waals surface area contributed by atoms with Gasteiger partial charge in [0.2, 0.25) is 0 Å². The lowest BCUT2D eigenvalue weighted by atomic mass is 9.74. The van der Waals surface area contributed by atoms with E-state index in [9.17, 15) is 4.79 Å². The molecular weight excluding hydrogens is 396 g/mol. The number of hydrogen-bond acceptors (Lipinski definition) is 4. The highest BCUT2D eigenvalue weighted by molar-refractivity contribution is 5.75. The number of fused-ring (bicyclic) bond motifs is 2. The fourth-order valence-corrected chi connectivity index (χ4v) is 4.95. The molecule has 4 heteroatoms. The SMILES string of the molecule is CC(C)(C)OC(=O)Cc1ccccc1NCCCN1CCC2(C=Cc3ccccc32)CC1. The Balaban J connectivity index is 1.22. The van der Waals surface area contributed by atoms with Gasteiger partial charge in [-0.25, -0.2) is 0 Å². The second-order valence-electron chi connectivity index (χ2n) is 10.1. The van der Waals surface area contributed by atoms with Gasteiger partial charge in [-0.1, -0.05) is 54.6 Å². The molecule has 1 fully saturated rings. The molecule has 4 rings (SSSR count). The van der Waals surface area contributed by atoms with Crippen molar-refractivity contribution in [3.05, 3.63) is 71.3 Å². The number of carbonyl (C=O) groups excluding carboxylic acids is 1. The maximum absolute atomic E-state index is 12.2. The van der Waals surface area contributed by atoms with Gasteiger partial charge in [0.1, 0.15) is 5.60 Å². The molecule has 32 heavy (non-hydrogen) atoms. The number of hydrogen-bond donors (Lipinski definition) is 1. The van der Waals surface area contributed by atoms with Crippen molar-refractivity contribution in [1.82, 2.24) is 4.90 Å². The number of carbonyl (C=O) groups is 1. The number of nitrogens with one attached hydrogen (secondary N) is 1. The zero-order valence-corrected chi connectivity index (χ0v) is 19.7. The van der Waals surface area contributed by atoms with E-state index in [2.05, 4.69) is 46.6 Å². The fraction of sp³-hybridized carbons (Fsp3) is 0.464. The molecule has 1 saturated heterocycles. The Bertz CT molecular complexity index is 965. The van der Waals surface area contributed by atoms with Gasteiger partial charge in [-0.15, -0.1) is 0 Å². The zero-order valence-electron chi connectivity index (χ0n) is 19.7. The molecule has 2 aromatic rings. The van der Waals surface area contributed by atoms with Crippen molar-refractivity contribution in [3.8, 4) is 0 Å². The third kappa shape index (κ3) is 5.42. The third-order valence-corrected chi connectivity index (χ3v) is 6.57. The molecule has 1 N–H and O–H groups in total. The van der Waals surface area contributed by atoms with Crippen LogP contribution in [0, 0.1) is 0 Å². The Hall–Kier alpha value is -2.59. The molecule has 0 saturated carbocycles. The van der Waals surface area contributed by atoms with Crippen LogP contribution in [0.3, 0.4) is 0 Å². The first-order valence-corrected chi connectivity index (χ1v) is 11.9. The lowest BCUT2D eigenvalue weighted by Gasteiger charge is -2.39. The molecular formula is C28H36N2O2. The maximum atomic E-state index is 12.2. The Labute approximate surface area is 192 Å². The van der Waals surface area contributed by atoms with Crippen molar-refractivity contribution in [3.63, 3.8) is 0 Å². The highest BCUT2D eigenvalue weighted by Crippen LogP contribution is 2.43. The number of rotatable bonds is 7. The molecule has 0 unspecified atom stereocenters. The highest BCUT2D eigenvalue weighted by atomic mass is 16.6. The Morgan fingerprint density at radius 1 is 1.06 bits per heavy atom. The van der Waals surface area contributed by atoms with Gasteiger partial charge in [0.15, 0.2) is 0 Å². The second-order valence-corrected chi connectivity index (χ2v) is 10.1. The molecule has 170 valence electrons.